The zero-order valence-corrected chi connectivity index (χ0v) is 26.3. The van der Waals surface area contributed by atoms with Crippen molar-refractivity contribution in [1.29, 1.82) is 0 Å². The van der Waals surface area contributed by atoms with Crippen molar-refractivity contribution in [3.8, 4) is 0 Å². The fourth-order valence-corrected chi connectivity index (χ4v) is 5.36. The second kappa shape index (κ2) is 14.2. The van der Waals surface area contributed by atoms with E-state index in [4.69, 9.17) is 9.90 Å². The molecule has 2 N–H and O–H groups in total. The lowest BCUT2D eigenvalue weighted by molar-refractivity contribution is -0.384. The smallest absolute Gasteiger partial charge is 0.475 e. The number of halogens is 3. The van der Waals surface area contributed by atoms with Gasteiger partial charge >= 0.3 is 12.1 Å². The number of nitrogens with one attached hydrogen (secondary N) is 1. The largest absolute Gasteiger partial charge is 0.490 e. The highest BCUT2D eigenvalue weighted by Gasteiger charge is 2.38. The third kappa shape index (κ3) is 9.75. The van der Waals surface area contributed by atoms with E-state index in [1.807, 2.05) is 70.0 Å². The number of alkyl halides is 3. The van der Waals surface area contributed by atoms with Gasteiger partial charge in [-0.15, -0.1) is 0 Å². The van der Waals surface area contributed by atoms with Crippen molar-refractivity contribution in [3.63, 3.8) is 0 Å². The Kier molecular flexibility index (Phi) is 11.7. The van der Waals surface area contributed by atoms with E-state index in [0.29, 0.717) is 6.54 Å². The number of rotatable bonds is 10. The number of sulfonamides is 1. The van der Waals surface area contributed by atoms with E-state index < -0.39 is 27.1 Å². The molecule has 44 heavy (non-hydrogen) atoms. The summed E-state index contributed by atoms with van der Waals surface area (Å²) in [6.07, 6.45) is -1.50. The molecule has 0 unspecified atom stereocenters. The van der Waals surface area contributed by atoms with Crippen LogP contribution >= 0.6 is 0 Å². The number of hydrogen-bond acceptors (Lipinski definition) is 8. The van der Waals surface area contributed by atoms with Gasteiger partial charge in [0.05, 0.1) is 21.6 Å². The minimum Gasteiger partial charge on any atom is -0.475 e. The predicted molar refractivity (Wildman–Crippen MR) is 159 cm³/mol. The summed E-state index contributed by atoms with van der Waals surface area (Å²) in [5.41, 5.74) is 2.71. The molecule has 1 heterocycles. The molecular weight excluding hydrogens is 605 g/mol. The van der Waals surface area contributed by atoms with E-state index in [1.165, 1.54) is 30.4 Å². The normalized spacial score (nSPS) is 12.2. The van der Waals surface area contributed by atoms with Crippen molar-refractivity contribution < 1.29 is 36.4 Å². The Morgan fingerprint density at radius 1 is 1.02 bits per heavy atom. The summed E-state index contributed by atoms with van der Waals surface area (Å²) in [6.45, 7) is 8.81. The number of nitro benzene ring substituents is 1. The molecule has 0 amide bonds. The van der Waals surface area contributed by atoms with Crippen LogP contribution in [0.25, 0.3) is 0 Å². The maximum atomic E-state index is 13.4. The Morgan fingerprint density at radius 3 is 1.98 bits per heavy atom. The molecule has 0 spiro atoms. The van der Waals surface area contributed by atoms with Crippen molar-refractivity contribution in [2.75, 3.05) is 26.5 Å². The van der Waals surface area contributed by atoms with Gasteiger partial charge in [-0.3, -0.25) is 14.8 Å². The molecule has 12 nitrogen and oxygen atoms in total. The number of aromatic nitrogens is 2. The first-order valence-corrected chi connectivity index (χ1v) is 14.6. The quantitative estimate of drug-likeness (QED) is 0.230. The molecule has 0 bridgehead atoms. The summed E-state index contributed by atoms with van der Waals surface area (Å²) in [5, 5.41) is 26.5. The monoisotopic (exact) mass is 642 g/mol. The molecule has 3 rings (SSSR count). The number of hydrogen-bond donors (Lipinski definition) is 2. The Labute approximate surface area is 254 Å². The summed E-state index contributed by atoms with van der Waals surface area (Å²) in [6, 6.07) is 10.6. The zero-order valence-electron chi connectivity index (χ0n) is 25.5. The van der Waals surface area contributed by atoms with Crippen molar-refractivity contribution >= 4 is 27.4 Å². The van der Waals surface area contributed by atoms with Crippen molar-refractivity contribution in [2.24, 2.45) is 0 Å². The minimum atomic E-state index is -5.08. The standard InChI is InChI=1S/C26H36N6O4S.C2HF3O2/c1-19-24(37(35,36)30(7)17-21-10-8-20(9-11-21)16-29(5)6)13-12-23(25(19)32(33)34)27-14-22-15-28-31(18-22)26(2,3)4;3-2(4,5)1(6)7/h8-13,15,18,27H,14,16-17H2,1-7H3;(H,6,7). The van der Waals surface area contributed by atoms with Crippen LogP contribution in [-0.4, -0.2) is 70.7 Å². The Bertz CT molecular complexity index is 1570. The highest BCUT2D eigenvalue weighted by molar-refractivity contribution is 7.89. The number of nitro groups is 1. The second-order valence-electron chi connectivity index (χ2n) is 11.3. The first kappa shape index (κ1) is 36.2. The van der Waals surface area contributed by atoms with Crippen LogP contribution in [0.5, 0.6) is 0 Å². The van der Waals surface area contributed by atoms with Gasteiger partial charge in [-0.25, -0.2) is 13.2 Å². The Hall–Kier alpha value is -4.02. The molecule has 1 aromatic heterocycles. The number of nitrogens with zero attached hydrogens (tertiary/aromatic N) is 5. The number of benzene rings is 2. The van der Waals surface area contributed by atoms with Gasteiger partial charge in [0.2, 0.25) is 10.0 Å². The van der Waals surface area contributed by atoms with Crippen LogP contribution in [0, 0.1) is 17.0 Å². The topological polar surface area (TPSA) is 151 Å². The van der Waals surface area contributed by atoms with Gasteiger partial charge < -0.3 is 15.3 Å². The Balaban J connectivity index is 0.000000860. The fourth-order valence-electron chi connectivity index (χ4n) is 3.98. The minimum absolute atomic E-state index is 0.0861. The van der Waals surface area contributed by atoms with Gasteiger partial charge in [-0.2, -0.15) is 22.6 Å². The van der Waals surface area contributed by atoms with Crippen LogP contribution in [-0.2, 0) is 40.0 Å². The lowest BCUT2D eigenvalue weighted by atomic mass is 10.1. The van der Waals surface area contributed by atoms with Crippen LogP contribution in [0.15, 0.2) is 53.7 Å². The van der Waals surface area contributed by atoms with Gasteiger partial charge in [-0.05, 0) is 65.0 Å². The summed E-state index contributed by atoms with van der Waals surface area (Å²) in [7, 11) is 1.48. The summed E-state index contributed by atoms with van der Waals surface area (Å²) >= 11 is 0. The third-order valence-electron chi connectivity index (χ3n) is 6.23. The second-order valence-corrected chi connectivity index (χ2v) is 13.3. The van der Waals surface area contributed by atoms with Crippen molar-refractivity contribution in [2.45, 2.75) is 63.9 Å². The number of carboxylic acids is 1. The molecular formula is C28H37F3N6O6S. The predicted octanol–water partition coefficient (Wildman–Crippen LogP) is 4.98. The fraction of sp³-hybridized carbons (Fsp3) is 0.429. The number of carboxylic acid groups (broad SMARTS) is 1. The molecule has 16 heteroatoms. The molecule has 0 atom stereocenters. The van der Waals surface area contributed by atoms with Crippen molar-refractivity contribution in [3.05, 3.63) is 81.2 Å². The lowest BCUT2D eigenvalue weighted by Gasteiger charge is -2.20. The number of anilines is 1. The summed E-state index contributed by atoms with van der Waals surface area (Å²) in [5.74, 6) is -2.76. The lowest BCUT2D eigenvalue weighted by Crippen LogP contribution is -2.27. The van der Waals surface area contributed by atoms with Crippen molar-refractivity contribution in [1.82, 2.24) is 19.0 Å². The molecule has 3 aromatic rings. The highest BCUT2D eigenvalue weighted by atomic mass is 32.2. The molecule has 0 saturated carbocycles. The van der Waals surface area contributed by atoms with E-state index in [2.05, 4.69) is 15.3 Å². The maximum absolute atomic E-state index is 13.4. The van der Waals surface area contributed by atoms with Gasteiger partial charge in [0.25, 0.3) is 5.69 Å². The van der Waals surface area contributed by atoms with Gasteiger partial charge in [0.15, 0.2) is 0 Å². The third-order valence-corrected chi connectivity index (χ3v) is 8.18. The highest BCUT2D eigenvalue weighted by Crippen LogP contribution is 2.34. The van der Waals surface area contributed by atoms with E-state index in [1.54, 1.807) is 6.20 Å². The first-order chi connectivity index (χ1) is 20.1. The van der Waals surface area contributed by atoms with E-state index in [0.717, 1.165) is 23.2 Å². The molecule has 2 aromatic carbocycles. The van der Waals surface area contributed by atoms with Crippen LogP contribution in [0.4, 0.5) is 24.5 Å². The van der Waals surface area contributed by atoms with E-state index in [-0.39, 0.29) is 33.9 Å². The average Bonchev–Trinajstić information content (AvgIpc) is 3.37. The number of carbonyl (C=O) groups is 1. The summed E-state index contributed by atoms with van der Waals surface area (Å²) in [4.78, 5) is 22.3. The van der Waals surface area contributed by atoms with E-state index in [9.17, 15) is 31.7 Å². The van der Waals surface area contributed by atoms with Gasteiger partial charge in [0.1, 0.15) is 5.69 Å². The maximum Gasteiger partial charge on any atom is 0.490 e. The molecule has 0 aliphatic carbocycles. The summed E-state index contributed by atoms with van der Waals surface area (Å²) < 4.78 is 61.6. The van der Waals surface area contributed by atoms with Gasteiger partial charge in [-0.1, -0.05) is 24.3 Å². The molecule has 0 fully saturated rings. The van der Waals surface area contributed by atoms with Gasteiger partial charge in [0, 0.05) is 44.0 Å². The molecule has 0 saturated heterocycles. The molecule has 0 aliphatic rings. The molecule has 0 aliphatic heterocycles. The van der Waals surface area contributed by atoms with Crippen LogP contribution in [0.2, 0.25) is 0 Å². The van der Waals surface area contributed by atoms with E-state index >= 15 is 0 Å². The average molecular weight is 643 g/mol. The van der Waals surface area contributed by atoms with Crippen LogP contribution in [0.3, 0.4) is 0 Å². The number of aliphatic carboxylic acids is 1. The molecule has 0 radical (unpaired) electrons. The Morgan fingerprint density at radius 2 is 1.55 bits per heavy atom. The first-order valence-electron chi connectivity index (χ1n) is 13.2. The van der Waals surface area contributed by atoms with Crippen LogP contribution < -0.4 is 5.32 Å². The van der Waals surface area contributed by atoms with Crippen LogP contribution in [0.1, 0.15) is 43.0 Å². The SMILES string of the molecule is Cc1c(S(=O)(=O)N(C)Cc2ccc(CN(C)C)cc2)ccc(NCc2cnn(C(C)(C)C)c2)c1[N+](=O)[O-].O=C(O)C(F)(F)F. The zero-order chi connectivity index (χ0) is 33.6. The molecule has 242 valence electrons.